The van der Waals surface area contributed by atoms with Gasteiger partial charge in [-0.1, -0.05) is 13.8 Å². The largest absolute Gasteiger partial charge is 0.488 e. The molecule has 0 saturated carbocycles. The van der Waals surface area contributed by atoms with Crippen LogP contribution in [0.3, 0.4) is 0 Å². The number of hydrogen-bond donors (Lipinski definition) is 2. The molecule has 0 atom stereocenters. The quantitative estimate of drug-likeness (QED) is 0.195. The van der Waals surface area contributed by atoms with Gasteiger partial charge in [-0.05, 0) is 78.4 Å². The summed E-state index contributed by atoms with van der Waals surface area (Å²) in [5.74, 6) is 3.36. The van der Waals surface area contributed by atoms with Crippen LogP contribution in [0.5, 0.6) is 11.5 Å². The molecule has 0 radical (unpaired) electrons. The van der Waals surface area contributed by atoms with E-state index in [0.717, 1.165) is 93.7 Å². The highest BCUT2D eigenvalue weighted by atomic mass is 16.6. The molecule has 2 aromatic heterocycles. The van der Waals surface area contributed by atoms with Crippen molar-refractivity contribution in [2.24, 2.45) is 0 Å². The number of carbonyl (C=O) groups is 1. The Morgan fingerprint density at radius 1 is 0.911 bits per heavy atom. The van der Waals surface area contributed by atoms with Gasteiger partial charge >= 0.3 is 6.09 Å². The van der Waals surface area contributed by atoms with Crippen LogP contribution in [-0.4, -0.2) is 61.6 Å². The van der Waals surface area contributed by atoms with Gasteiger partial charge in [-0.2, -0.15) is 0 Å². The lowest BCUT2D eigenvalue weighted by Gasteiger charge is -2.30. The van der Waals surface area contributed by atoms with E-state index in [1.807, 2.05) is 40.8 Å². The SMILES string of the molecule is CCCN(C)Cc1ncc(-c2cc3c4c(c2)OCc2cc(-c5nc(CN(CCC)C(=O)OC(C)(C)C)[nH]c5C)cc(c2-4)OC3)[nH]1. The van der Waals surface area contributed by atoms with E-state index in [9.17, 15) is 4.79 Å². The smallest absolute Gasteiger partial charge is 0.410 e. The van der Waals surface area contributed by atoms with E-state index in [1.165, 1.54) is 0 Å². The average Bonchev–Trinajstić information content (AvgIpc) is 3.60. The number of H-pyrrole nitrogens is 2. The second kappa shape index (κ2) is 12.2. The molecule has 10 heteroatoms. The Kier molecular flexibility index (Phi) is 8.35. The zero-order chi connectivity index (χ0) is 31.9. The lowest BCUT2D eigenvalue weighted by molar-refractivity contribution is 0.0229. The van der Waals surface area contributed by atoms with Crippen LogP contribution in [0.2, 0.25) is 0 Å². The number of ether oxygens (including phenoxy) is 3. The Morgan fingerprint density at radius 2 is 1.56 bits per heavy atom. The molecule has 0 saturated heterocycles. The number of aromatic nitrogens is 4. The third-order valence-electron chi connectivity index (χ3n) is 8.04. The minimum Gasteiger partial charge on any atom is -0.488 e. The lowest BCUT2D eigenvalue weighted by atomic mass is 9.87. The standard InChI is InChI=1S/C35H44N6O4/c1-8-10-40(7)17-29-36-16-26(38-29)22-12-24-19-44-28-15-23(13-25-20-43-27(14-22)31(24)32(25)28)33-21(3)37-30(39-33)18-41(11-9-2)34(42)45-35(4,5)6/h12-16H,8-11,17-20H2,1-7H3,(H,36,38)(H,37,39). The Bertz CT molecular complexity index is 1670. The number of aromatic amines is 2. The molecule has 0 unspecified atom stereocenters. The highest BCUT2D eigenvalue weighted by Gasteiger charge is 2.31. The predicted octanol–water partition coefficient (Wildman–Crippen LogP) is 7.22. The number of nitrogens with one attached hydrogen (secondary N) is 2. The van der Waals surface area contributed by atoms with Gasteiger partial charge in [0.1, 0.15) is 42.0 Å². The number of hydrogen-bond acceptors (Lipinski definition) is 7. The van der Waals surface area contributed by atoms with Crippen molar-refractivity contribution in [3.63, 3.8) is 0 Å². The molecular weight excluding hydrogens is 568 g/mol. The van der Waals surface area contributed by atoms with Crippen LogP contribution in [0.1, 0.15) is 75.9 Å². The number of amides is 1. The van der Waals surface area contributed by atoms with Crippen LogP contribution in [-0.2, 0) is 31.0 Å². The van der Waals surface area contributed by atoms with Gasteiger partial charge in [-0.3, -0.25) is 4.90 Å². The van der Waals surface area contributed by atoms with Crippen molar-refractivity contribution in [1.82, 2.24) is 29.7 Å². The molecule has 4 aromatic rings. The van der Waals surface area contributed by atoms with Crippen molar-refractivity contribution in [3.8, 4) is 45.1 Å². The van der Waals surface area contributed by atoms with Gasteiger partial charge in [-0.15, -0.1) is 0 Å². The number of nitrogens with zero attached hydrogens (tertiary/aromatic N) is 4. The van der Waals surface area contributed by atoms with Crippen LogP contribution in [0.15, 0.2) is 30.5 Å². The number of carbonyl (C=O) groups excluding carboxylic acids is 1. The Labute approximate surface area is 265 Å². The summed E-state index contributed by atoms with van der Waals surface area (Å²) in [5.41, 5.74) is 8.51. The molecule has 1 amide bonds. The zero-order valence-electron chi connectivity index (χ0n) is 27.5. The van der Waals surface area contributed by atoms with Gasteiger partial charge in [0.2, 0.25) is 0 Å². The fourth-order valence-electron chi connectivity index (χ4n) is 6.17. The first kappa shape index (κ1) is 30.7. The molecule has 6 rings (SSSR count). The molecule has 2 aliphatic heterocycles. The summed E-state index contributed by atoms with van der Waals surface area (Å²) in [6.07, 6.45) is 3.49. The molecule has 0 spiro atoms. The molecule has 0 bridgehead atoms. The Balaban J connectivity index is 1.27. The summed E-state index contributed by atoms with van der Waals surface area (Å²) in [4.78, 5) is 33.2. The van der Waals surface area contributed by atoms with Crippen molar-refractivity contribution in [1.29, 1.82) is 0 Å². The van der Waals surface area contributed by atoms with E-state index in [2.05, 4.69) is 58.1 Å². The fraction of sp³-hybridized carbons (Fsp3) is 0.457. The van der Waals surface area contributed by atoms with E-state index in [0.29, 0.717) is 32.1 Å². The van der Waals surface area contributed by atoms with Gasteiger partial charge in [0.25, 0.3) is 0 Å². The van der Waals surface area contributed by atoms with Crippen molar-refractivity contribution in [2.45, 2.75) is 86.3 Å². The lowest BCUT2D eigenvalue weighted by Crippen LogP contribution is -2.37. The molecule has 238 valence electrons. The van der Waals surface area contributed by atoms with Crippen molar-refractivity contribution >= 4 is 6.09 Å². The monoisotopic (exact) mass is 612 g/mol. The highest BCUT2D eigenvalue weighted by molar-refractivity contribution is 5.88. The molecule has 4 heterocycles. The summed E-state index contributed by atoms with van der Waals surface area (Å²) >= 11 is 0. The maximum atomic E-state index is 12.9. The first-order chi connectivity index (χ1) is 21.5. The van der Waals surface area contributed by atoms with E-state index < -0.39 is 5.60 Å². The Morgan fingerprint density at radius 3 is 2.20 bits per heavy atom. The summed E-state index contributed by atoms with van der Waals surface area (Å²) in [6.45, 7) is 15.5. The van der Waals surface area contributed by atoms with Gasteiger partial charge in [-0.25, -0.2) is 14.8 Å². The summed E-state index contributed by atoms with van der Waals surface area (Å²) in [7, 11) is 2.11. The first-order valence-corrected chi connectivity index (χ1v) is 15.9. The topological polar surface area (TPSA) is 109 Å². The second-order valence-electron chi connectivity index (χ2n) is 13.1. The normalized spacial score (nSPS) is 13.3. The van der Waals surface area contributed by atoms with Gasteiger partial charge in [0.05, 0.1) is 30.7 Å². The molecular formula is C35H44N6O4. The van der Waals surface area contributed by atoms with Gasteiger partial charge < -0.3 is 29.1 Å². The van der Waals surface area contributed by atoms with E-state index in [-0.39, 0.29) is 6.09 Å². The molecule has 2 aromatic carbocycles. The molecule has 45 heavy (non-hydrogen) atoms. The summed E-state index contributed by atoms with van der Waals surface area (Å²) in [5, 5.41) is 0. The number of imidazole rings is 2. The van der Waals surface area contributed by atoms with Crippen molar-refractivity contribution in [3.05, 3.63) is 58.9 Å². The zero-order valence-corrected chi connectivity index (χ0v) is 27.5. The van der Waals surface area contributed by atoms with Crippen LogP contribution in [0, 0.1) is 6.92 Å². The van der Waals surface area contributed by atoms with E-state index in [4.69, 9.17) is 19.2 Å². The van der Waals surface area contributed by atoms with Crippen LogP contribution in [0.25, 0.3) is 33.6 Å². The fourth-order valence-corrected chi connectivity index (χ4v) is 6.17. The minimum atomic E-state index is -0.562. The van der Waals surface area contributed by atoms with Crippen LogP contribution < -0.4 is 9.47 Å². The molecule has 0 aliphatic carbocycles. The van der Waals surface area contributed by atoms with E-state index in [1.54, 1.807) is 4.90 Å². The highest BCUT2D eigenvalue weighted by Crippen LogP contribution is 2.50. The first-order valence-electron chi connectivity index (χ1n) is 15.9. The molecule has 2 N–H and O–H groups in total. The van der Waals surface area contributed by atoms with Crippen LogP contribution >= 0.6 is 0 Å². The molecule has 2 aliphatic rings. The Hall–Kier alpha value is -4.31. The van der Waals surface area contributed by atoms with Crippen LogP contribution in [0.4, 0.5) is 4.79 Å². The maximum Gasteiger partial charge on any atom is 0.410 e. The number of benzene rings is 2. The van der Waals surface area contributed by atoms with Gasteiger partial charge in [0.15, 0.2) is 0 Å². The number of aryl methyl sites for hydroxylation is 1. The van der Waals surface area contributed by atoms with Crippen molar-refractivity contribution in [2.75, 3.05) is 20.1 Å². The molecule has 0 fully saturated rings. The maximum absolute atomic E-state index is 12.9. The van der Waals surface area contributed by atoms with Crippen molar-refractivity contribution < 1.29 is 19.0 Å². The minimum absolute atomic E-state index is 0.339. The summed E-state index contributed by atoms with van der Waals surface area (Å²) in [6, 6.07) is 8.50. The summed E-state index contributed by atoms with van der Waals surface area (Å²) < 4.78 is 18.4. The predicted molar refractivity (Wildman–Crippen MR) is 174 cm³/mol. The number of rotatable bonds is 10. The third-order valence-corrected chi connectivity index (χ3v) is 8.04. The second-order valence-corrected chi connectivity index (χ2v) is 13.1. The van der Waals surface area contributed by atoms with Gasteiger partial charge in [0, 0.05) is 45.6 Å². The average molecular weight is 613 g/mol. The molecule has 10 nitrogen and oxygen atoms in total. The third kappa shape index (κ3) is 6.42. The van der Waals surface area contributed by atoms with E-state index >= 15 is 0 Å².